The molecule has 0 aliphatic carbocycles. The molecule has 1 unspecified atom stereocenters. The van der Waals surface area contributed by atoms with Gasteiger partial charge in [0.1, 0.15) is 0 Å². The minimum atomic E-state index is -0.857. The van der Waals surface area contributed by atoms with E-state index in [1.807, 2.05) is 35.2 Å². The van der Waals surface area contributed by atoms with Crippen LogP contribution < -0.4 is 0 Å². The van der Waals surface area contributed by atoms with Gasteiger partial charge in [-0.25, -0.2) is 0 Å². The third-order valence-corrected chi connectivity index (χ3v) is 5.71. The first-order chi connectivity index (χ1) is 12.0. The summed E-state index contributed by atoms with van der Waals surface area (Å²) in [4.78, 5) is 26.5. The quantitative estimate of drug-likeness (QED) is 0.767. The van der Waals surface area contributed by atoms with Gasteiger partial charge >= 0.3 is 5.97 Å². The highest BCUT2D eigenvalue weighted by Crippen LogP contribution is 2.36. The maximum Gasteiger partial charge on any atom is 0.314 e. The summed E-state index contributed by atoms with van der Waals surface area (Å²) in [6.07, 6.45) is 6.04. The summed E-state index contributed by atoms with van der Waals surface area (Å²) in [7, 11) is 0. The molecule has 1 aliphatic rings. The number of carbonyl (C=O) groups excluding carboxylic acids is 1. The summed E-state index contributed by atoms with van der Waals surface area (Å²) in [5.41, 5.74) is -0.00583. The molecule has 0 spiro atoms. The molecule has 4 nitrogen and oxygen atoms in total. The molecule has 1 aliphatic heterocycles. The topological polar surface area (TPSA) is 57.6 Å². The fraction of sp³-hybridized carbons (Fsp3) is 0.619. The highest BCUT2D eigenvalue weighted by Gasteiger charge is 2.43. The van der Waals surface area contributed by atoms with Crippen LogP contribution in [0.2, 0.25) is 0 Å². The number of rotatable bonds is 8. The van der Waals surface area contributed by atoms with Crippen LogP contribution >= 0.6 is 0 Å². The molecule has 0 saturated carbocycles. The minimum Gasteiger partial charge on any atom is -0.481 e. The van der Waals surface area contributed by atoms with Crippen LogP contribution in [0.15, 0.2) is 30.3 Å². The van der Waals surface area contributed by atoms with Gasteiger partial charge in [0.25, 0.3) is 0 Å². The third-order valence-electron chi connectivity index (χ3n) is 5.71. The molecule has 1 atom stereocenters. The molecule has 1 aromatic rings. The SMILES string of the molecule is CCCCC(CC)CC(=O)N1CCC(C(=O)O)(c2ccccc2)CC1. The molecule has 1 aromatic carbocycles. The molecule has 4 heteroatoms. The summed E-state index contributed by atoms with van der Waals surface area (Å²) < 4.78 is 0. The van der Waals surface area contributed by atoms with Crippen molar-refractivity contribution < 1.29 is 14.7 Å². The van der Waals surface area contributed by atoms with E-state index in [1.165, 1.54) is 6.42 Å². The summed E-state index contributed by atoms with van der Waals surface area (Å²) in [6.45, 7) is 5.39. The number of nitrogens with zero attached hydrogens (tertiary/aromatic N) is 1. The molecule has 138 valence electrons. The minimum absolute atomic E-state index is 0.190. The zero-order chi connectivity index (χ0) is 18.3. The first kappa shape index (κ1) is 19.5. The molecule has 25 heavy (non-hydrogen) atoms. The Kier molecular flexibility index (Phi) is 7.03. The van der Waals surface area contributed by atoms with Gasteiger partial charge in [-0.3, -0.25) is 9.59 Å². The number of hydrogen-bond acceptors (Lipinski definition) is 2. The summed E-state index contributed by atoms with van der Waals surface area (Å²) in [5, 5.41) is 9.84. The number of piperidine rings is 1. The van der Waals surface area contributed by atoms with E-state index in [9.17, 15) is 14.7 Å². The highest BCUT2D eigenvalue weighted by atomic mass is 16.4. The summed E-state index contributed by atoms with van der Waals surface area (Å²) in [5.74, 6) is -0.136. The van der Waals surface area contributed by atoms with Crippen molar-refractivity contribution in [3.63, 3.8) is 0 Å². The fourth-order valence-corrected chi connectivity index (χ4v) is 3.84. The van der Waals surface area contributed by atoms with Crippen LogP contribution in [-0.2, 0) is 15.0 Å². The molecular weight excluding hydrogens is 314 g/mol. The van der Waals surface area contributed by atoms with Crippen LogP contribution in [0.1, 0.15) is 64.4 Å². The van der Waals surface area contributed by atoms with E-state index in [4.69, 9.17) is 0 Å². The zero-order valence-corrected chi connectivity index (χ0v) is 15.5. The Morgan fingerprint density at radius 2 is 1.80 bits per heavy atom. The van der Waals surface area contributed by atoms with Crippen molar-refractivity contribution in [1.29, 1.82) is 0 Å². The van der Waals surface area contributed by atoms with Crippen LogP contribution in [0, 0.1) is 5.92 Å². The predicted molar refractivity (Wildman–Crippen MR) is 99.5 cm³/mol. The van der Waals surface area contributed by atoms with E-state index in [2.05, 4.69) is 13.8 Å². The Bertz CT molecular complexity index is 562. The lowest BCUT2D eigenvalue weighted by Gasteiger charge is -2.39. The molecule has 1 N–H and O–H groups in total. The van der Waals surface area contributed by atoms with E-state index in [0.29, 0.717) is 38.3 Å². The monoisotopic (exact) mass is 345 g/mol. The number of carbonyl (C=O) groups is 2. The molecular formula is C21H31NO3. The molecule has 0 bridgehead atoms. The van der Waals surface area contributed by atoms with Crippen LogP contribution in [0.3, 0.4) is 0 Å². The van der Waals surface area contributed by atoms with Crippen LogP contribution in [-0.4, -0.2) is 35.0 Å². The number of likely N-dealkylation sites (tertiary alicyclic amines) is 1. The van der Waals surface area contributed by atoms with Gasteiger partial charge in [-0.15, -0.1) is 0 Å². The summed E-state index contributed by atoms with van der Waals surface area (Å²) >= 11 is 0. The number of benzene rings is 1. The van der Waals surface area contributed by atoms with Gasteiger partial charge in [-0.1, -0.05) is 63.4 Å². The third kappa shape index (κ3) is 4.62. The number of aliphatic carboxylic acids is 1. The van der Waals surface area contributed by atoms with Gasteiger partial charge in [-0.2, -0.15) is 0 Å². The lowest BCUT2D eigenvalue weighted by atomic mass is 9.72. The largest absolute Gasteiger partial charge is 0.481 e. The Labute approximate surface area is 151 Å². The van der Waals surface area contributed by atoms with E-state index in [-0.39, 0.29) is 5.91 Å². The van der Waals surface area contributed by atoms with Crippen molar-refractivity contribution in [2.45, 2.75) is 64.2 Å². The van der Waals surface area contributed by atoms with Crippen molar-refractivity contribution in [1.82, 2.24) is 4.90 Å². The van der Waals surface area contributed by atoms with Gasteiger partial charge in [0, 0.05) is 19.5 Å². The number of hydrogen-bond donors (Lipinski definition) is 1. The Morgan fingerprint density at radius 1 is 1.16 bits per heavy atom. The first-order valence-electron chi connectivity index (χ1n) is 9.60. The predicted octanol–water partition coefficient (Wildman–Crippen LogP) is 4.24. The number of carboxylic acids is 1. The number of amides is 1. The van der Waals surface area contributed by atoms with Gasteiger partial charge in [0.15, 0.2) is 0 Å². The number of unbranched alkanes of at least 4 members (excludes halogenated alkanes) is 1. The normalized spacial score (nSPS) is 17.9. The molecule has 0 radical (unpaired) electrons. The Hall–Kier alpha value is -1.84. The molecule has 1 heterocycles. The maximum atomic E-state index is 12.6. The molecule has 0 aromatic heterocycles. The van der Waals surface area contributed by atoms with Crippen LogP contribution in [0.5, 0.6) is 0 Å². The lowest BCUT2D eigenvalue weighted by molar-refractivity contribution is -0.148. The molecule has 1 saturated heterocycles. The fourth-order valence-electron chi connectivity index (χ4n) is 3.84. The Morgan fingerprint density at radius 3 is 2.32 bits per heavy atom. The van der Waals surface area contributed by atoms with Crippen molar-refractivity contribution in [2.75, 3.05) is 13.1 Å². The van der Waals surface area contributed by atoms with Gasteiger partial charge in [0.05, 0.1) is 5.41 Å². The second kappa shape index (κ2) is 9.02. The lowest BCUT2D eigenvalue weighted by Crippen LogP contribution is -2.49. The zero-order valence-electron chi connectivity index (χ0n) is 15.5. The van der Waals surface area contributed by atoms with Crippen molar-refractivity contribution in [3.05, 3.63) is 35.9 Å². The Balaban J connectivity index is 1.99. The van der Waals surface area contributed by atoms with Gasteiger partial charge in [0.2, 0.25) is 5.91 Å². The van der Waals surface area contributed by atoms with Gasteiger partial charge < -0.3 is 10.0 Å². The van der Waals surface area contributed by atoms with E-state index in [1.54, 1.807) is 0 Å². The smallest absolute Gasteiger partial charge is 0.314 e. The maximum absolute atomic E-state index is 12.6. The van der Waals surface area contributed by atoms with Gasteiger partial charge in [-0.05, 0) is 30.7 Å². The second-order valence-corrected chi connectivity index (χ2v) is 7.25. The van der Waals surface area contributed by atoms with E-state index >= 15 is 0 Å². The standard InChI is InChI=1S/C21H31NO3/c1-3-5-9-17(4-2)16-19(23)22-14-12-21(13-15-22,20(24)25)18-10-7-6-8-11-18/h6-8,10-11,17H,3-5,9,12-16H2,1-2H3,(H,24,25). The van der Waals surface area contributed by atoms with Crippen LogP contribution in [0.4, 0.5) is 0 Å². The molecule has 1 amide bonds. The molecule has 2 rings (SSSR count). The van der Waals surface area contributed by atoms with Crippen molar-refractivity contribution in [2.24, 2.45) is 5.92 Å². The summed E-state index contributed by atoms with van der Waals surface area (Å²) in [6, 6.07) is 9.46. The van der Waals surface area contributed by atoms with E-state index in [0.717, 1.165) is 24.8 Å². The highest BCUT2D eigenvalue weighted by molar-refractivity contribution is 5.82. The first-order valence-corrected chi connectivity index (χ1v) is 9.60. The average Bonchev–Trinajstić information content (AvgIpc) is 2.65. The second-order valence-electron chi connectivity index (χ2n) is 7.25. The number of carboxylic acid groups (broad SMARTS) is 1. The van der Waals surface area contributed by atoms with Crippen molar-refractivity contribution in [3.8, 4) is 0 Å². The average molecular weight is 345 g/mol. The molecule has 1 fully saturated rings. The van der Waals surface area contributed by atoms with Crippen molar-refractivity contribution >= 4 is 11.9 Å². The van der Waals surface area contributed by atoms with E-state index < -0.39 is 11.4 Å². The van der Waals surface area contributed by atoms with Crippen LogP contribution in [0.25, 0.3) is 0 Å².